The van der Waals surface area contributed by atoms with Crippen LogP contribution in [0.4, 0.5) is 17.1 Å². The minimum Gasteiger partial charge on any atom is -0.491 e. The van der Waals surface area contributed by atoms with Gasteiger partial charge in [-0.05, 0) is 133 Å². The van der Waals surface area contributed by atoms with Gasteiger partial charge in [-0.1, -0.05) is 18.2 Å². The molecule has 3 N–H and O–H groups in total. The van der Waals surface area contributed by atoms with E-state index in [-0.39, 0.29) is 33.9 Å². The van der Waals surface area contributed by atoms with E-state index >= 15 is 0 Å². The molecule has 308 valence electrons. The molecule has 57 heavy (non-hydrogen) atoms. The second-order valence-corrected chi connectivity index (χ2v) is 19.2. The number of piperidine rings is 1. The fraction of sp³-hybridized carbons (Fsp3) is 0.558. The zero-order valence-corrected chi connectivity index (χ0v) is 34.5. The standard InChI is InChI=1S/C43H58N6O7S/c1-30(2)56-40-8-6-5-7-36(40)39-29-46(4)23-24-48(39)34-26-43(27-34)19-21-47(22-20-43)33-11-9-32(10-12-33)41(50)45-57(54,55)35-13-14-37(38(25-35)49(52)53)44-28-31-15-17-42(3,51)18-16-31/h5-14,25,30-31,34,39,44,51H,15-24,26-29H2,1-4H3,(H,45,50)/t31?,39-,42?/m1/s1. The molecule has 2 aliphatic heterocycles. The molecular formula is C43H58N6O7S. The highest BCUT2D eigenvalue weighted by Gasteiger charge is 2.50. The summed E-state index contributed by atoms with van der Waals surface area (Å²) < 4.78 is 34.8. The van der Waals surface area contributed by atoms with Crippen molar-refractivity contribution in [2.45, 2.75) is 101 Å². The molecule has 2 heterocycles. The summed E-state index contributed by atoms with van der Waals surface area (Å²) >= 11 is 0. The number of para-hydroxylation sites is 1. The summed E-state index contributed by atoms with van der Waals surface area (Å²) in [6, 6.07) is 19.9. The number of ether oxygens (including phenoxy) is 1. The quantitative estimate of drug-likeness (QED) is 0.134. The average Bonchev–Trinajstić information content (AvgIpc) is 3.16. The summed E-state index contributed by atoms with van der Waals surface area (Å²) in [4.78, 5) is 31.5. The third-order valence-corrected chi connectivity index (χ3v) is 14.2. The Hall–Kier alpha value is -4.24. The van der Waals surface area contributed by atoms with Gasteiger partial charge in [0.25, 0.3) is 21.6 Å². The molecule has 2 saturated heterocycles. The largest absolute Gasteiger partial charge is 0.491 e. The number of piperazine rings is 1. The number of nitrogens with zero attached hydrogens (tertiary/aromatic N) is 4. The van der Waals surface area contributed by atoms with E-state index in [1.807, 2.05) is 19.1 Å². The van der Waals surface area contributed by atoms with Crippen molar-refractivity contribution >= 4 is 33.0 Å². The third kappa shape index (κ3) is 9.40. The summed E-state index contributed by atoms with van der Waals surface area (Å²) in [5.74, 6) is 0.415. The van der Waals surface area contributed by atoms with Crippen LogP contribution in [0.25, 0.3) is 0 Å². The van der Waals surface area contributed by atoms with Crippen molar-refractivity contribution in [1.29, 1.82) is 0 Å². The zero-order valence-electron chi connectivity index (χ0n) is 33.7. The number of hydrogen-bond acceptors (Lipinski definition) is 11. The number of nitro groups is 1. The van der Waals surface area contributed by atoms with Crippen LogP contribution < -0.4 is 19.7 Å². The number of carbonyl (C=O) groups is 1. The monoisotopic (exact) mass is 802 g/mol. The first kappa shape index (κ1) is 40.9. The van der Waals surface area contributed by atoms with Crippen LogP contribution in [0.3, 0.4) is 0 Å². The van der Waals surface area contributed by atoms with Crippen molar-refractivity contribution in [3.8, 4) is 5.75 Å². The summed E-state index contributed by atoms with van der Waals surface area (Å²) in [5, 5.41) is 25.2. The van der Waals surface area contributed by atoms with E-state index in [2.05, 4.69) is 69.9 Å². The van der Waals surface area contributed by atoms with Crippen molar-refractivity contribution in [3.63, 3.8) is 0 Å². The number of aliphatic hydroxyl groups is 1. The van der Waals surface area contributed by atoms with Crippen molar-refractivity contribution in [3.05, 3.63) is 88.0 Å². The lowest BCUT2D eigenvalue weighted by molar-refractivity contribution is -0.384. The first-order valence-corrected chi connectivity index (χ1v) is 22.0. The Kier molecular flexibility index (Phi) is 11.9. The van der Waals surface area contributed by atoms with Crippen molar-refractivity contribution < 1.29 is 28.0 Å². The van der Waals surface area contributed by atoms with E-state index in [1.54, 1.807) is 12.1 Å². The molecule has 2 saturated carbocycles. The number of anilines is 2. The van der Waals surface area contributed by atoms with Crippen LogP contribution in [-0.2, 0) is 10.0 Å². The molecule has 3 aromatic carbocycles. The highest BCUT2D eigenvalue weighted by molar-refractivity contribution is 7.90. The van der Waals surface area contributed by atoms with Gasteiger partial charge in [0.05, 0.1) is 27.6 Å². The number of nitrogens with one attached hydrogen (secondary N) is 2. The lowest BCUT2D eigenvalue weighted by Crippen LogP contribution is -2.59. The lowest BCUT2D eigenvalue weighted by atomic mass is 9.59. The smallest absolute Gasteiger partial charge is 0.293 e. The number of hydrogen-bond donors (Lipinski definition) is 3. The lowest BCUT2D eigenvalue weighted by Gasteiger charge is -2.58. The Labute approximate surface area is 337 Å². The van der Waals surface area contributed by atoms with Gasteiger partial charge in [-0.3, -0.25) is 19.8 Å². The molecule has 3 aromatic rings. The molecule has 4 aliphatic rings. The van der Waals surface area contributed by atoms with Gasteiger partial charge in [-0.2, -0.15) is 0 Å². The average molecular weight is 803 g/mol. The Balaban J connectivity index is 0.923. The Bertz CT molecular complexity index is 2020. The molecular weight excluding hydrogens is 745 g/mol. The summed E-state index contributed by atoms with van der Waals surface area (Å²) in [7, 11) is -2.19. The van der Waals surface area contributed by atoms with E-state index in [9.17, 15) is 28.4 Å². The second-order valence-electron chi connectivity index (χ2n) is 17.5. The van der Waals surface area contributed by atoms with Crippen LogP contribution in [0.2, 0.25) is 0 Å². The van der Waals surface area contributed by atoms with E-state index in [0.29, 0.717) is 36.9 Å². The van der Waals surface area contributed by atoms with Gasteiger partial charge in [-0.15, -0.1) is 0 Å². The summed E-state index contributed by atoms with van der Waals surface area (Å²) in [6.45, 7) is 11.3. The maximum absolute atomic E-state index is 13.2. The second kappa shape index (κ2) is 16.6. The highest BCUT2D eigenvalue weighted by atomic mass is 32.2. The first-order valence-electron chi connectivity index (χ1n) is 20.5. The van der Waals surface area contributed by atoms with Crippen molar-refractivity contribution in [1.82, 2.24) is 14.5 Å². The molecule has 1 spiro atoms. The predicted molar refractivity (Wildman–Crippen MR) is 221 cm³/mol. The normalized spacial score (nSPS) is 24.6. The van der Waals surface area contributed by atoms with Gasteiger partial charge < -0.3 is 25.0 Å². The van der Waals surface area contributed by atoms with Gasteiger partial charge in [0, 0.05) is 68.2 Å². The molecule has 0 radical (unpaired) electrons. The fourth-order valence-corrected chi connectivity index (χ4v) is 10.4. The molecule has 13 nitrogen and oxygen atoms in total. The van der Waals surface area contributed by atoms with Gasteiger partial charge >= 0.3 is 0 Å². The SMILES string of the molecule is CC(C)Oc1ccccc1[C@H]1CN(C)CCN1C1CC2(CCN(c3ccc(C(=O)NS(=O)(=O)c4ccc(NCC5CCC(C)(O)CC5)c([N+](=O)[O-])c4)cc3)CC2)C1. The Morgan fingerprint density at radius 1 is 0.982 bits per heavy atom. The minimum absolute atomic E-state index is 0.117. The first-order chi connectivity index (χ1) is 27.1. The number of nitro benzene ring substituents is 1. The summed E-state index contributed by atoms with van der Waals surface area (Å²) in [5.41, 5.74) is 1.90. The molecule has 1 atom stereocenters. The van der Waals surface area contributed by atoms with Crippen LogP contribution in [0.1, 0.15) is 94.1 Å². The molecule has 0 unspecified atom stereocenters. The van der Waals surface area contributed by atoms with Crippen molar-refractivity contribution in [2.24, 2.45) is 11.3 Å². The Morgan fingerprint density at radius 3 is 2.33 bits per heavy atom. The highest BCUT2D eigenvalue weighted by Crippen LogP contribution is 2.53. The van der Waals surface area contributed by atoms with Crippen LogP contribution in [0.15, 0.2) is 71.6 Å². The maximum atomic E-state index is 13.2. The fourth-order valence-electron chi connectivity index (χ4n) is 9.39. The van der Waals surface area contributed by atoms with Crippen LogP contribution in [0.5, 0.6) is 5.75 Å². The van der Waals surface area contributed by atoms with Gasteiger partial charge in [0.15, 0.2) is 0 Å². The molecule has 14 heteroatoms. The molecule has 7 rings (SSSR count). The van der Waals surface area contributed by atoms with E-state index < -0.39 is 26.5 Å². The minimum atomic E-state index is -4.39. The topological polar surface area (TPSA) is 158 Å². The third-order valence-electron chi connectivity index (χ3n) is 12.9. The number of likely N-dealkylation sites (N-methyl/N-ethyl adjacent to an activating group) is 1. The molecule has 1 amide bonds. The number of sulfonamides is 1. The van der Waals surface area contributed by atoms with E-state index in [0.717, 1.165) is 75.9 Å². The number of rotatable bonds is 12. The van der Waals surface area contributed by atoms with Crippen LogP contribution >= 0.6 is 0 Å². The van der Waals surface area contributed by atoms with Crippen LogP contribution in [-0.4, -0.2) is 98.2 Å². The van der Waals surface area contributed by atoms with Gasteiger partial charge in [0.1, 0.15) is 11.4 Å². The van der Waals surface area contributed by atoms with E-state index in [1.165, 1.54) is 30.5 Å². The van der Waals surface area contributed by atoms with Gasteiger partial charge in [-0.25, -0.2) is 13.1 Å². The maximum Gasteiger partial charge on any atom is 0.293 e. The number of carbonyl (C=O) groups excluding carboxylic acids is 1. The molecule has 2 aliphatic carbocycles. The van der Waals surface area contributed by atoms with Crippen molar-refractivity contribution in [2.75, 3.05) is 56.5 Å². The van der Waals surface area contributed by atoms with E-state index in [4.69, 9.17) is 4.74 Å². The molecule has 0 bridgehead atoms. The number of amides is 1. The molecule has 4 fully saturated rings. The molecule has 0 aromatic heterocycles. The summed E-state index contributed by atoms with van der Waals surface area (Å²) in [6.07, 6.45) is 7.58. The Morgan fingerprint density at radius 2 is 1.67 bits per heavy atom. The van der Waals surface area contributed by atoms with Crippen LogP contribution in [0, 0.1) is 21.4 Å². The predicted octanol–water partition coefficient (Wildman–Crippen LogP) is 6.59. The van der Waals surface area contributed by atoms with Gasteiger partial charge in [0.2, 0.25) is 0 Å². The number of benzene rings is 3. The zero-order chi connectivity index (χ0) is 40.5.